The third kappa shape index (κ3) is 3.57. The molecule has 0 bridgehead atoms. The van der Waals surface area contributed by atoms with Gasteiger partial charge >= 0.3 is 12.1 Å². The Balaban J connectivity index is 3.36. The molecule has 20 heavy (non-hydrogen) atoms. The van der Waals surface area contributed by atoms with Crippen LogP contribution in [0.5, 0.6) is 0 Å². The number of nitrogens with zero attached hydrogens (tertiary/aromatic N) is 1. The lowest BCUT2D eigenvalue weighted by Crippen LogP contribution is -2.15. The van der Waals surface area contributed by atoms with Crippen LogP contribution in [-0.4, -0.2) is 18.9 Å². The van der Waals surface area contributed by atoms with E-state index in [0.717, 1.165) is 6.07 Å². The highest BCUT2D eigenvalue weighted by Gasteiger charge is 2.34. The Labute approximate surface area is 112 Å². The standard InChI is InChI=1S/C13H10F3NO3/c1-2-20-12(19)5-8-3-9(6-17)10(7-18)4-11(8)13(14,15)16/h3-4,7H,2,5H2,1H3. The first-order chi connectivity index (χ1) is 9.33. The summed E-state index contributed by atoms with van der Waals surface area (Å²) in [6.45, 7) is 1.57. The molecule has 0 aromatic heterocycles. The fourth-order valence-electron chi connectivity index (χ4n) is 1.63. The molecule has 106 valence electrons. The van der Waals surface area contributed by atoms with Crippen LogP contribution < -0.4 is 0 Å². The van der Waals surface area contributed by atoms with Gasteiger partial charge in [-0.15, -0.1) is 0 Å². The molecule has 0 amide bonds. The Morgan fingerprint density at radius 2 is 2.10 bits per heavy atom. The smallest absolute Gasteiger partial charge is 0.416 e. The highest BCUT2D eigenvalue weighted by atomic mass is 19.4. The van der Waals surface area contributed by atoms with Crippen LogP contribution >= 0.6 is 0 Å². The number of hydrogen-bond donors (Lipinski definition) is 0. The third-order valence-electron chi connectivity index (χ3n) is 2.47. The number of alkyl halides is 3. The Kier molecular flexibility index (Phi) is 4.86. The first kappa shape index (κ1) is 15.7. The first-order valence-corrected chi connectivity index (χ1v) is 5.58. The highest BCUT2D eigenvalue weighted by Crippen LogP contribution is 2.34. The van der Waals surface area contributed by atoms with Gasteiger partial charge in [-0.25, -0.2) is 0 Å². The predicted molar refractivity (Wildman–Crippen MR) is 61.9 cm³/mol. The molecule has 1 aromatic rings. The second-order valence-corrected chi connectivity index (χ2v) is 3.81. The summed E-state index contributed by atoms with van der Waals surface area (Å²) in [5.41, 5.74) is -2.09. The molecular formula is C13H10F3NO3. The summed E-state index contributed by atoms with van der Waals surface area (Å²) >= 11 is 0. The molecule has 4 nitrogen and oxygen atoms in total. The van der Waals surface area contributed by atoms with Crippen molar-refractivity contribution in [3.8, 4) is 6.07 Å². The van der Waals surface area contributed by atoms with E-state index in [1.165, 1.54) is 6.92 Å². The Morgan fingerprint density at radius 3 is 2.55 bits per heavy atom. The monoisotopic (exact) mass is 285 g/mol. The summed E-state index contributed by atoms with van der Waals surface area (Å²) in [4.78, 5) is 22.0. The summed E-state index contributed by atoms with van der Waals surface area (Å²) < 4.78 is 43.2. The van der Waals surface area contributed by atoms with Crippen molar-refractivity contribution >= 4 is 12.3 Å². The molecule has 0 N–H and O–H groups in total. The summed E-state index contributed by atoms with van der Waals surface area (Å²) in [7, 11) is 0. The van der Waals surface area contributed by atoms with E-state index in [9.17, 15) is 22.8 Å². The zero-order valence-corrected chi connectivity index (χ0v) is 10.5. The van der Waals surface area contributed by atoms with Crippen molar-refractivity contribution in [2.75, 3.05) is 6.61 Å². The molecule has 0 saturated heterocycles. The zero-order valence-electron chi connectivity index (χ0n) is 10.5. The number of rotatable bonds is 4. The molecule has 7 heteroatoms. The van der Waals surface area contributed by atoms with Gasteiger partial charge < -0.3 is 4.74 Å². The number of aldehydes is 1. The number of esters is 1. The summed E-state index contributed by atoms with van der Waals surface area (Å²) in [5, 5.41) is 8.80. The molecular weight excluding hydrogens is 275 g/mol. The summed E-state index contributed by atoms with van der Waals surface area (Å²) in [6, 6.07) is 3.08. The van der Waals surface area contributed by atoms with E-state index in [1.807, 2.05) is 0 Å². The van der Waals surface area contributed by atoms with Gasteiger partial charge in [-0.3, -0.25) is 9.59 Å². The fourth-order valence-corrected chi connectivity index (χ4v) is 1.63. The number of ether oxygens (including phenoxy) is 1. The van der Waals surface area contributed by atoms with Crippen LogP contribution in [0.15, 0.2) is 12.1 Å². The quantitative estimate of drug-likeness (QED) is 0.629. The summed E-state index contributed by atoms with van der Waals surface area (Å²) in [6.07, 6.45) is -5.17. The highest BCUT2D eigenvalue weighted by molar-refractivity contribution is 5.81. The van der Waals surface area contributed by atoms with Crippen molar-refractivity contribution in [2.45, 2.75) is 19.5 Å². The lowest BCUT2D eigenvalue weighted by molar-refractivity contribution is -0.143. The number of hydrogen-bond acceptors (Lipinski definition) is 4. The van der Waals surface area contributed by atoms with E-state index in [-0.39, 0.29) is 24.0 Å². The topological polar surface area (TPSA) is 67.2 Å². The normalized spacial score (nSPS) is 10.8. The van der Waals surface area contributed by atoms with Gasteiger partial charge in [-0.1, -0.05) is 0 Å². The number of nitriles is 1. The SMILES string of the molecule is CCOC(=O)Cc1cc(C#N)c(C=O)cc1C(F)(F)F. The minimum atomic E-state index is -4.73. The van der Waals surface area contributed by atoms with Gasteiger partial charge in [-0.05, 0) is 24.6 Å². The minimum absolute atomic E-state index is 0.0394. The van der Waals surface area contributed by atoms with Gasteiger partial charge in [0.05, 0.1) is 30.2 Å². The van der Waals surface area contributed by atoms with Crippen LogP contribution in [0.3, 0.4) is 0 Å². The molecule has 1 aromatic carbocycles. The molecule has 0 aliphatic carbocycles. The van der Waals surface area contributed by atoms with Crippen molar-refractivity contribution < 1.29 is 27.5 Å². The van der Waals surface area contributed by atoms with E-state index < -0.39 is 29.7 Å². The van der Waals surface area contributed by atoms with E-state index in [0.29, 0.717) is 6.07 Å². The van der Waals surface area contributed by atoms with Crippen molar-refractivity contribution in [1.29, 1.82) is 5.26 Å². The Morgan fingerprint density at radius 1 is 1.45 bits per heavy atom. The maximum atomic E-state index is 12.9. The van der Waals surface area contributed by atoms with E-state index >= 15 is 0 Å². The molecule has 1 rings (SSSR count). The molecule has 0 aliphatic rings. The van der Waals surface area contributed by atoms with Crippen LogP contribution in [-0.2, 0) is 22.1 Å². The molecule has 0 spiro atoms. The van der Waals surface area contributed by atoms with E-state index in [2.05, 4.69) is 4.74 Å². The van der Waals surface area contributed by atoms with Gasteiger partial charge in [0, 0.05) is 5.56 Å². The lowest BCUT2D eigenvalue weighted by atomic mass is 9.97. The van der Waals surface area contributed by atoms with E-state index in [1.54, 1.807) is 6.07 Å². The second kappa shape index (κ2) is 6.19. The molecule has 0 saturated carbocycles. The minimum Gasteiger partial charge on any atom is -0.466 e. The van der Waals surface area contributed by atoms with Crippen molar-refractivity contribution in [3.05, 3.63) is 34.4 Å². The van der Waals surface area contributed by atoms with Crippen LogP contribution in [0.1, 0.15) is 34.0 Å². The maximum Gasteiger partial charge on any atom is 0.416 e. The molecule has 0 aliphatic heterocycles. The van der Waals surface area contributed by atoms with Crippen LogP contribution in [0.4, 0.5) is 13.2 Å². The molecule has 0 radical (unpaired) electrons. The molecule has 0 atom stereocenters. The van der Waals surface area contributed by atoms with Gasteiger partial charge in [0.15, 0.2) is 6.29 Å². The number of benzene rings is 1. The van der Waals surface area contributed by atoms with Gasteiger partial charge in [-0.2, -0.15) is 18.4 Å². The van der Waals surface area contributed by atoms with Crippen molar-refractivity contribution in [3.63, 3.8) is 0 Å². The fraction of sp³-hybridized carbons (Fsp3) is 0.308. The third-order valence-corrected chi connectivity index (χ3v) is 2.47. The average molecular weight is 285 g/mol. The van der Waals surface area contributed by atoms with Crippen molar-refractivity contribution in [2.24, 2.45) is 0 Å². The number of carbonyl (C=O) groups is 2. The van der Waals surface area contributed by atoms with Gasteiger partial charge in [0.2, 0.25) is 0 Å². The maximum absolute atomic E-state index is 12.9. The van der Waals surface area contributed by atoms with Crippen molar-refractivity contribution in [1.82, 2.24) is 0 Å². The average Bonchev–Trinajstić information content (AvgIpc) is 2.37. The van der Waals surface area contributed by atoms with Crippen LogP contribution in [0.25, 0.3) is 0 Å². The Bertz CT molecular complexity index is 573. The summed E-state index contributed by atoms with van der Waals surface area (Å²) in [5.74, 6) is -0.833. The van der Waals surface area contributed by atoms with Gasteiger partial charge in [0.1, 0.15) is 0 Å². The zero-order chi connectivity index (χ0) is 15.3. The first-order valence-electron chi connectivity index (χ1n) is 5.58. The molecule has 0 heterocycles. The van der Waals surface area contributed by atoms with E-state index in [4.69, 9.17) is 5.26 Å². The second-order valence-electron chi connectivity index (χ2n) is 3.81. The van der Waals surface area contributed by atoms with Crippen LogP contribution in [0.2, 0.25) is 0 Å². The molecule has 0 unspecified atom stereocenters. The molecule has 0 fully saturated rings. The van der Waals surface area contributed by atoms with Crippen LogP contribution in [0, 0.1) is 11.3 Å². The predicted octanol–water partition coefficient (Wildman–Crippen LogP) is 2.50. The largest absolute Gasteiger partial charge is 0.466 e. The number of carbonyl (C=O) groups excluding carboxylic acids is 2. The van der Waals surface area contributed by atoms with Gasteiger partial charge in [0.25, 0.3) is 0 Å². The Hall–Kier alpha value is -2.36. The lowest BCUT2D eigenvalue weighted by Gasteiger charge is -2.14. The number of halogens is 3.